The first-order chi connectivity index (χ1) is 7.27. The monoisotopic (exact) mass is 202 g/mol. The lowest BCUT2D eigenvalue weighted by molar-refractivity contribution is 0.0965. The van der Waals surface area contributed by atoms with Gasteiger partial charge in [0, 0.05) is 12.0 Å². The Hall–Kier alpha value is -2.03. The van der Waals surface area contributed by atoms with Gasteiger partial charge in [0.2, 0.25) is 5.78 Å². The highest BCUT2D eigenvalue weighted by molar-refractivity contribution is 5.95. The predicted molar refractivity (Wildman–Crippen MR) is 54.8 cm³/mol. The molecule has 0 radical (unpaired) electrons. The number of Topliss-reactive ketones (excluding diaryl/α,β-unsaturated/α-hetero) is 1. The number of rotatable bonds is 3. The highest BCUT2D eigenvalue weighted by atomic mass is 16.3. The number of hydrogen-bond acceptors (Lipinski definition) is 3. The van der Waals surface area contributed by atoms with Crippen LogP contribution < -0.4 is 0 Å². The van der Waals surface area contributed by atoms with E-state index in [1.165, 1.54) is 6.26 Å². The number of aromatic hydroxyl groups is 1. The summed E-state index contributed by atoms with van der Waals surface area (Å²) < 4.78 is 4.98. The molecule has 15 heavy (non-hydrogen) atoms. The van der Waals surface area contributed by atoms with E-state index in [9.17, 15) is 9.90 Å². The van der Waals surface area contributed by atoms with Gasteiger partial charge in [-0.25, -0.2) is 0 Å². The first kappa shape index (κ1) is 9.52. The molecule has 1 aromatic heterocycles. The number of carbonyl (C=O) groups is 1. The molecule has 3 nitrogen and oxygen atoms in total. The van der Waals surface area contributed by atoms with Crippen molar-refractivity contribution in [1.82, 2.24) is 0 Å². The molecule has 0 bridgehead atoms. The maximum absolute atomic E-state index is 11.6. The first-order valence-corrected chi connectivity index (χ1v) is 4.61. The van der Waals surface area contributed by atoms with Crippen molar-refractivity contribution in [3.8, 4) is 5.75 Å². The quantitative estimate of drug-likeness (QED) is 0.777. The molecular weight excluding hydrogens is 192 g/mol. The minimum absolute atomic E-state index is 0.136. The van der Waals surface area contributed by atoms with Crippen LogP contribution >= 0.6 is 0 Å². The van der Waals surface area contributed by atoms with E-state index in [0.29, 0.717) is 11.3 Å². The lowest BCUT2D eigenvalue weighted by Gasteiger charge is -2.01. The fourth-order valence-corrected chi connectivity index (χ4v) is 1.36. The van der Waals surface area contributed by atoms with E-state index in [-0.39, 0.29) is 18.0 Å². The van der Waals surface area contributed by atoms with Crippen LogP contribution in [0.5, 0.6) is 5.75 Å². The molecular formula is C12H10O3. The standard InChI is InChI=1S/C12H10O3/c13-10-5-2-1-4-9(10)8-11(14)12-6-3-7-15-12/h1-7,13H,8H2. The summed E-state index contributed by atoms with van der Waals surface area (Å²) in [5.41, 5.74) is 0.610. The third-order valence-electron chi connectivity index (χ3n) is 2.14. The van der Waals surface area contributed by atoms with Crippen LogP contribution in [0.25, 0.3) is 0 Å². The largest absolute Gasteiger partial charge is 0.508 e. The molecule has 0 amide bonds. The Balaban J connectivity index is 2.17. The third kappa shape index (κ3) is 2.07. The number of carbonyl (C=O) groups excluding carboxylic acids is 1. The van der Waals surface area contributed by atoms with E-state index in [1.807, 2.05) is 0 Å². The Labute approximate surface area is 87.0 Å². The Morgan fingerprint density at radius 2 is 2.00 bits per heavy atom. The van der Waals surface area contributed by atoms with E-state index < -0.39 is 0 Å². The van der Waals surface area contributed by atoms with Crippen molar-refractivity contribution in [2.24, 2.45) is 0 Å². The summed E-state index contributed by atoms with van der Waals surface area (Å²) in [5.74, 6) is 0.317. The number of phenolic OH excluding ortho intramolecular Hbond substituents is 1. The van der Waals surface area contributed by atoms with E-state index in [4.69, 9.17) is 4.42 Å². The second-order valence-corrected chi connectivity index (χ2v) is 3.21. The Bertz CT molecular complexity index is 457. The van der Waals surface area contributed by atoms with Crippen LogP contribution in [0.1, 0.15) is 16.1 Å². The molecule has 76 valence electrons. The van der Waals surface area contributed by atoms with Crippen molar-refractivity contribution in [1.29, 1.82) is 0 Å². The molecule has 0 aliphatic heterocycles. The number of furan rings is 1. The minimum Gasteiger partial charge on any atom is -0.508 e. The maximum Gasteiger partial charge on any atom is 0.202 e. The average molecular weight is 202 g/mol. The lowest BCUT2D eigenvalue weighted by atomic mass is 10.1. The SMILES string of the molecule is O=C(Cc1ccccc1O)c1ccco1. The van der Waals surface area contributed by atoms with Crippen molar-refractivity contribution in [2.75, 3.05) is 0 Å². The molecule has 0 aliphatic rings. The first-order valence-electron chi connectivity index (χ1n) is 4.61. The lowest BCUT2D eigenvalue weighted by Crippen LogP contribution is -2.01. The molecule has 1 heterocycles. The molecule has 1 aromatic carbocycles. The summed E-state index contributed by atoms with van der Waals surface area (Å²) in [6.07, 6.45) is 1.61. The second-order valence-electron chi connectivity index (χ2n) is 3.21. The van der Waals surface area contributed by atoms with Crippen LogP contribution in [0.15, 0.2) is 47.1 Å². The molecule has 2 rings (SSSR count). The molecule has 2 aromatic rings. The predicted octanol–water partition coefficient (Wildman–Crippen LogP) is 2.41. The topological polar surface area (TPSA) is 50.4 Å². The molecule has 3 heteroatoms. The van der Waals surface area contributed by atoms with Gasteiger partial charge in [0.15, 0.2) is 5.76 Å². The van der Waals surface area contributed by atoms with Gasteiger partial charge in [0.05, 0.1) is 6.26 Å². The van der Waals surface area contributed by atoms with Gasteiger partial charge in [-0.15, -0.1) is 0 Å². The van der Waals surface area contributed by atoms with Crippen LogP contribution in [-0.4, -0.2) is 10.9 Å². The molecule has 0 aliphatic carbocycles. The molecule has 0 atom stereocenters. The highest BCUT2D eigenvalue weighted by Gasteiger charge is 2.11. The fourth-order valence-electron chi connectivity index (χ4n) is 1.36. The van der Waals surface area contributed by atoms with E-state index in [2.05, 4.69) is 0 Å². The van der Waals surface area contributed by atoms with Crippen LogP contribution in [0.2, 0.25) is 0 Å². The summed E-state index contributed by atoms with van der Waals surface area (Å²) in [6.45, 7) is 0. The number of para-hydroxylation sites is 1. The number of hydrogen-bond donors (Lipinski definition) is 1. The van der Waals surface area contributed by atoms with Gasteiger partial charge in [0.25, 0.3) is 0 Å². The molecule has 0 saturated carbocycles. The maximum atomic E-state index is 11.6. The van der Waals surface area contributed by atoms with Gasteiger partial charge >= 0.3 is 0 Å². The van der Waals surface area contributed by atoms with E-state index in [1.54, 1.807) is 36.4 Å². The van der Waals surface area contributed by atoms with Crippen molar-refractivity contribution in [2.45, 2.75) is 6.42 Å². The van der Waals surface area contributed by atoms with Gasteiger partial charge in [-0.3, -0.25) is 4.79 Å². The summed E-state index contributed by atoms with van der Waals surface area (Å²) in [7, 11) is 0. The summed E-state index contributed by atoms with van der Waals surface area (Å²) >= 11 is 0. The summed E-state index contributed by atoms with van der Waals surface area (Å²) in [6, 6.07) is 10.1. The smallest absolute Gasteiger partial charge is 0.202 e. The zero-order chi connectivity index (χ0) is 10.7. The second kappa shape index (κ2) is 4.00. The van der Waals surface area contributed by atoms with Gasteiger partial charge in [-0.05, 0) is 18.2 Å². The molecule has 1 N–H and O–H groups in total. The van der Waals surface area contributed by atoms with Crippen molar-refractivity contribution in [3.63, 3.8) is 0 Å². The zero-order valence-corrected chi connectivity index (χ0v) is 8.01. The van der Waals surface area contributed by atoms with Gasteiger partial charge in [-0.1, -0.05) is 18.2 Å². The Morgan fingerprint density at radius 3 is 2.67 bits per heavy atom. The van der Waals surface area contributed by atoms with Crippen molar-refractivity contribution >= 4 is 5.78 Å². The van der Waals surface area contributed by atoms with Crippen LogP contribution in [0, 0.1) is 0 Å². The van der Waals surface area contributed by atoms with Crippen LogP contribution in [0.4, 0.5) is 0 Å². The third-order valence-corrected chi connectivity index (χ3v) is 2.14. The summed E-state index contributed by atoms with van der Waals surface area (Å²) in [5, 5.41) is 9.47. The van der Waals surface area contributed by atoms with E-state index in [0.717, 1.165) is 0 Å². The minimum atomic E-state index is -0.137. The van der Waals surface area contributed by atoms with Crippen molar-refractivity contribution < 1.29 is 14.3 Å². The number of ketones is 1. The molecule has 0 fully saturated rings. The molecule has 0 unspecified atom stereocenters. The van der Waals surface area contributed by atoms with Gasteiger partial charge in [0.1, 0.15) is 5.75 Å². The Morgan fingerprint density at radius 1 is 1.20 bits per heavy atom. The van der Waals surface area contributed by atoms with Gasteiger partial charge in [-0.2, -0.15) is 0 Å². The molecule has 0 spiro atoms. The molecule has 0 saturated heterocycles. The fraction of sp³-hybridized carbons (Fsp3) is 0.0833. The summed E-state index contributed by atoms with van der Waals surface area (Å²) in [4.78, 5) is 11.6. The van der Waals surface area contributed by atoms with Crippen LogP contribution in [0.3, 0.4) is 0 Å². The van der Waals surface area contributed by atoms with Gasteiger partial charge < -0.3 is 9.52 Å². The van der Waals surface area contributed by atoms with Crippen LogP contribution in [-0.2, 0) is 6.42 Å². The normalized spacial score (nSPS) is 10.1. The average Bonchev–Trinajstić information content (AvgIpc) is 2.74. The zero-order valence-electron chi connectivity index (χ0n) is 8.01. The van der Waals surface area contributed by atoms with Crippen molar-refractivity contribution in [3.05, 3.63) is 54.0 Å². The number of benzene rings is 1. The Kier molecular flexibility index (Phi) is 2.54. The number of phenols is 1. The van der Waals surface area contributed by atoms with E-state index >= 15 is 0 Å². The highest BCUT2D eigenvalue weighted by Crippen LogP contribution is 2.18.